The average Bonchev–Trinajstić information content (AvgIpc) is 2.99. The molecule has 1 atom stereocenters. The van der Waals surface area contributed by atoms with E-state index in [0.29, 0.717) is 44.9 Å². The van der Waals surface area contributed by atoms with Gasteiger partial charge >= 0.3 is 17.9 Å². The van der Waals surface area contributed by atoms with Gasteiger partial charge in [-0.3, -0.25) is 48.4 Å². The van der Waals surface area contributed by atoms with E-state index in [1.165, 1.54) is 0 Å². The van der Waals surface area contributed by atoms with Crippen LogP contribution in [-0.4, -0.2) is 175 Å². The summed E-state index contributed by atoms with van der Waals surface area (Å²) in [6.07, 6.45) is 3.85. The smallest absolute Gasteiger partial charge is 0.317 e. The summed E-state index contributed by atoms with van der Waals surface area (Å²) < 4.78 is 0. The summed E-state index contributed by atoms with van der Waals surface area (Å²) >= 11 is 0. The molecule has 0 aromatic rings. The van der Waals surface area contributed by atoms with Gasteiger partial charge < -0.3 is 37.0 Å². The Morgan fingerprint density at radius 2 is 1.06 bits per heavy atom. The minimum absolute atomic E-state index is 0.0363. The van der Waals surface area contributed by atoms with Crippen molar-refractivity contribution in [2.24, 2.45) is 11.7 Å². The highest BCUT2D eigenvalue weighted by Crippen LogP contribution is 2.06. The lowest BCUT2D eigenvalue weighted by Crippen LogP contribution is -2.50. The Morgan fingerprint density at radius 3 is 1.48 bits per heavy atom. The van der Waals surface area contributed by atoms with Crippen molar-refractivity contribution in [2.75, 3.05) is 98.2 Å². The van der Waals surface area contributed by atoms with E-state index in [2.05, 4.69) is 29.8 Å². The average molecular weight is 687 g/mol. The van der Waals surface area contributed by atoms with E-state index in [1.54, 1.807) is 19.6 Å². The third-order valence-corrected chi connectivity index (χ3v) is 7.90. The molecule has 0 unspecified atom stereocenters. The highest BCUT2D eigenvalue weighted by Gasteiger charge is 2.22. The molecule has 17 heteroatoms. The van der Waals surface area contributed by atoms with Crippen LogP contribution >= 0.6 is 0 Å². The molecule has 1 heterocycles. The summed E-state index contributed by atoms with van der Waals surface area (Å²) in [5.41, 5.74) is 5.62. The second-order valence-electron chi connectivity index (χ2n) is 12.6. The molecule has 0 aromatic carbocycles. The molecule has 0 saturated carbocycles. The number of carbonyl (C=O) groups is 6. The molecular formula is C31H58N8O9. The Labute approximate surface area is 283 Å². The molecule has 3 amide bonds. The predicted molar refractivity (Wildman–Crippen MR) is 178 cm³/mol. The van der Waals surface area contributed by atoms with E-state index in [-0.39, 0.29) is 96.1 Å². The van der Waals surface area contributed by atoms with Gasteiger partial charge in [-0.1, -0.05) is 26.7 Å². The van der Waals surface area contributed by atoms with Crippen LogP contribution in [0.2, 0.25) is 0 Å². The van der Waals surface area contributed by atoms with Gasteiger partial charge in [-0.15, -0.1) is 0 Å². The normalized spacial score (nSPS) is 16.8. The van der Waals surface area contributed by atoms with Crippen LogP contribution in [0.5, 0.6) is 0 Å². The van der Waals surface area contributed by atoms with E-state index in [9.17, 15) is 44.1 Å². The molecule has 0 radical (unpaired) electrons. The van der Waals surface area contributed by atoms with Crippen LogP contribution in [0.3, 0.4) is 0 Å². The number of carboxylic acids is 3. The number of hydrogen-bond donors (Lipinski definition) is 7. The maximum atomic E-state index is 12.9. The number of hydrogen-bond acceptors (Lipinski definition) is 11. The molecule has 0 aromatic heterocycles. The number of nitrogens with two attached hydrogens (primary N) is 1. The van der Waals surface area contributed by atoms with Crippen LogP contribution in [0, 0.1) is 5.92 Å². The van der Waals surface area contributed by atoms with Gasteiger partial charge in [0.25, 0.3) is 0 Å². The van der Waals surface area contributed by atoms with E-state index >= 15 is 0 Å². The van der Waals surface area contributed by atoms with Crippen molar-refractivity contribution in [1.29, 1.82) is 0 Å². The molecule has 0 bridgehead atoms. The van der Waals surface area contributed by atoms with Crippen molar-refractivity contribution in [1.82, 2.24) is 35.6 Å². The Bertz CT molecular complexity index is 984. The first kappa shape index (κ1) is 42.6. The van der Waals surface area contributed by atoms with Crippen LogP contribution in [0.15, 0.2) is 0 Å². The molecule has 1 aliphatic rings. The quantitative estimate of drug-likeness (QED) is 0.0656. The molecule has 0 aliphatic carbocycles. The molecule has 1 rings (SSSR count). The van der Waals surface area contributed by atoms with Crippen LogP contribution < -0.4 is 21.7 Å². The first-order valence-corrected chi connectivity index (χ1v) is 16.9. The predicted octanol–water partition coefficient (Wildman–Crippen LogP) is -1.87. The molecule has 17 nitrogen and oxygen atoms in total. The summed E-state index contributed by atoms with van der Waals surface area (Å²) in [5, 5.41) is 36.4. The van der Waals surface area contributed by atoms with Crippen LogP contribution in [0.1, 0.15) is 52.4 Å². The van der Waals surface area contributed by atoms with Gasteiger partial charge in [0, 0.05) is 71.9 Å². The molecule has 1 aliphatic heterocycles. The lowest BCUT2D eigenvalue weighted by Gasteiger charge is -2.32. The SMILES string of the molecule is CC(C)CCCCNC(=O)[C@@H](CCCN)NC(=O)CCNC(=O)CN1CCN(CC(=O)O)CCN(CC(=O)O)CCN(CC(=O)O)CC1. The van der Waals surface area contributed by atoms with Crippen molar-refractivity contribution in [3.05, 3.63) is 0 Å². The minimum Gasteiger partial charge on any atom is -0.480 e. The maximum Gasteiger partial charge on any atom is 0.317 e. The summed E-state index contributed by atoms with van der Waals surface area (Å²) in [5.74, 6) is -3.52. The summed E-state index contributed by atoms with van der Waals surface area (Å²) in [4.78, 5) is 79.3. The fourth-order valence-electron chi connectivity index (χ4n) is 5.23. The van der Waals surface area contributed by atoms with Crippen molar-refractivity contribution < 1.29 is 44.1 Å². The number of nitrogens with one attached hydrogen (secondary N) is 3. The van der Waals surface area contributed by atoms with Gasteiger partial charge in [-0.2, -0.15) is 0 Å². The molecule has 1 fully saturated rings. The lowest BCUT2D eigenvalue weighted by atomic mass is 10.1. The fourth-order valence-corrected chi connectivity index (χ4v) is 5.23. The van der Waals surface area contributed by atoms with Gasteiger partial charge in [0.05, 0.1) is 26.2 Å². The van der Waals surface area contributed by atoms with Gasteiger partial charge in [-0.05, 0) is 31.7 Å². The maximum absolute atomic E-state index is 12.9. The molecule has 48 heavy (non-hydrogen) atoms. The highest BCUT2D eigenvalue weighted by atomic mass is 16.4. The van der Waals surface area contributed by atoms with Crippen LogP contribution in [0.25, 0.3) is 0 Å². The van der Waals surface area contributed by atoms with Crippen molar-refractivity contribution in [3.8, 4) is 0 Å². The molecule has 8 N–H and O–H groups in total. The van der Waals surface area contributed by atoms with Gasteiger partial charge in [0.15, 0.2) is 0 Å². The Hall–Kier alpha value is -3.38. The summed E-state index contributed by atoms with van der Waals surface area (Å²) in [7, 11) is 0. The highest BCUT2D eigenvalue weighted by molar-refractivity contribution is 5.88. The first-order valence-electron chi connectivity index (χ1n) is 16.9. The van der Waals surface area contributed by atoms with E-state index in [1.807, 2.05) is 0 Å². The number of carbonyl (C=O) groups excluding carboxylic acids is 3. The van der Waals surface area contributed by atoms with E-state index in [4.69, 9.17) is 5.73 Å². The van der Waals surface area contributed by atoms with Gasteiger partial charge in [0.2, 0.25) is 17.7 Å². The number of aliphatic carboxylic acids is 3. The van der Waals surface area contributed by atoms with Crippen molar-refractivity contribution in [2.45, 2.75) is 58.4 Å². The van der Waals surface area contributed by atoms with Crippen LogP contribution in [0.4, 0.5) is 0 Å². The number of carboxylic acid groups (broad SMARTS) is 3. The number of rotatable bonds is 21. The topological polar surface area (TPSA) is 238 Å². The van der Waals surface area contributed by atoms with E-state index in [0.717, 1.165) is 19.3 Å². The molecule has 0 spiro atoms. The summed E-state index contributed by atoms with van der Waals surface area (Å²) in [6.45, 7) is 6.67. The number of unbranched alkanes of at least 4 members (excludes halogenated alkanes) is 1. The standard InChI is InChI=1S/C31H58N8O9/c1-24(2)6-3-4-10-34-31(48)25(7-5-9-32)35-26(40)8-11-33-27(41)20-36-12-14-37(21-28(42)43)16-18-39(23-30(46)47)19-17-38(15-13-36)22-29(44)45/h24-25H,3-23,32H2,1-2H3,(H,33,41)(H,34,48)(H,35,40)(H,42,43)(H,44,45)(H,46,47)/t25-/m1/s1. The zero-order valence-electron chi connectivity index (χ0n) is 28.7. The number of nitrogens with zero attached hydrogens (tertiary/aromatic N) is 4. The van der Waals surface area contributed by atoms with Gasteiger partial charge in [-0.25, -0.2) is 0 Å². The monoisotopic (exact) mass is 686 g/mol. The summed E-state index contributed by atoms with van der Waals surface area (Å²) in [6, 6.07) is -0.720. The molecule has 1 saturated heterocycles. The van der Waals surface area contributed by atoms with Crippen molar-refractivity contribution >= 4 is 35.6 Å². The molecular weight excluding hydrogens is 628 g/mol. The van der Waals surface area contributed by atoms with Gasteiger partial charge in [0.1, 0.15) is 6.04 Å². The zero-order valence-corrected chi connectivity index (χ0v) is 28.7. The molecule has 276 valence electrons. The second-order valence-corrected chi connectivity index (χ2v) is 12.6. The minimum atomic E-state index is -1.04. The second kappa shape index (κ2) is 24.7. The Morgan fingerprint density at radius 1 is 0.604 bits per heavy atom. The van der Waals surface area contributed by atoms with Crippen molar-refractivity contribution in [3.63, 3.8) is 0 Å². The third-order valence-electron chi connectivity index (χ3n) is 7.90. The van der Waals surface area contributed by atoms with Crippen LogP contribution in [-0.2, 0) is 28.8 Å². The third kappa shape index (κ3) is 21.5. The number of amides is 3. The Balaban J connectivity index is 2.74. The first-order chi connectivity index (χ1) is 22.8. The zero-order chi connectivity index (χ0) is 35.9. The fraction of sp³-hybridized carbons (Fsp3) is 0.806. The largest absolute Gasteiger partial charge is 0.480 e. The van der Waals surface area contributed by atoms with E-state index < -0.39 is 23.9 Å². The lowest BCUT2D eigenvalue weighted by molar-refractivity contribution is -0.140. The Kier molecular flexibility index (Phi) is 22.0.